The molecule has 0 unspecified atom stereocenters. The van der Waals surface area contributed by atoms with Crippen LogP contribution in [0.15, 0.2) is 23.9 Å². The molecule has 3 rings (SSSR count). The Kier molecular flexibility index (Phi) is 3.90. The van der Waals surface area contributed by atoms with Crippen LogP contribution in [0, 0.1) is 0 Å². The third-order valence-corrected chi connectivity index (χ3v) is 5.08. The molecule has 1 aromatic rings. The van der Waals surface area contributed by atoms with Crippen LogP contribution < -0.4 is 0 Å². The molecule has 2 fully saturated rings. The van der Waals surface area contributed by atoms with Crippen LogP contribution in [0.3, 0.4) is 0 Å². The lowest BCUT2D eigenvalue weighted by Crippen LogP contribution is -2.41. The van der Waals surface area contributed by atoms with Crippen LogP contribution in [0.25, 0.3) is 6.08 Å². The third kappa shape index (κ3) is 2.84. The van der Waals surface area contributed by atoms with Crippen molar-refractivity contribution in [3.05, 3.63) is 35.3 Å². The smallest absolute Gasteiger partial charge is 0.398 e. The number of hydrogen-bond acceptors (Lipinski definition) is 3. The zero-order valence-corrected chi connectivity index (χ0v) is 13.7. The summed E-state index contributed by atoms with van der Waals surface area (Å²) in [6.07, 6.45) is 5.04. The van der Waals surface area contributed by atoms with Crippen molar-refractivity contribution in [3.63, 3.8) is 0 Å². The van der Waals surface area contributed by atoms with E-state index in [1.54, 1.807) is 0 Å². The van der Waals surface area contributed by atoms with E-state index in [2.05, 4.69) is 4.98 Å². The van der Waals surface area contributed by atoms with Gasteiger partial charge in [0.1, 0.15) is 5.73 Å². The minimum absolute atomic E-state index is 0.433. The van der Waals surface area contributed by atoms with Gasteiger partial charge in [0.05, 0.1) is 16.9 Å². The molecule has 3 nitrogen and oxygen atoms in total. The van der Waals surface area contributed by atoms with Crippen molar-refractivity contribution in [2.45, 2.75) is 64.1 Å². The van der Waals surface area contributed by atoms with Crippen LogP contribution in [0.4, 0.5) is 4.39 Å². The Morgan fingerprint density at radius 2 is 1.86 bits per heavy atom. The average Bonchev–Trinajstić information content (AvgIpc) is 2.57. The van der Waals surface area contributed by atoms with Gasteiger partial charge in [-0.25, -0.2) is 4.39 Å². The van der Waals surface area contributed by atoms with Crippen LogP contribution in [0.2, 0.25) is 0 Å². The van der Waals surface area contributed by atoms with Crippen LogP contribution >= 0.6 is 0 Å². The fourth-order valence-corrected chi connectivity index (χ4v) is 2.65. The monoisotopic (exact) mass is 303 g/mol. The Labute approximate surface area is 132 Å². The van der Waals surface area contributed by atoms with E-state index in [9.17, 15) is 4.39 Å². The minimum atomic E-state index is -0.959. The maximum atomic E-state index is 14.5. The van der Waals surface area contributed by atoms with Crippen molar-refractivity contribution in [3.8, 4) is 0 Å². The predicted octanol–water partition coefficient (Wildman–Crippen LogP) is 4.29. The van der Waals surface area contributed by atoms with Crippen molar-refractivity contribution in [1.29, 1.82) is 0 Å². The van der Waals surface area contributed by atoms with Gasteiger partial charge in [0.25, 0.3) is 0 Å². The number of pyridine rings is 1. The van der Waals surface area contributed by atoms with Crippen LogP contribution in [0.5, 0.6) is 0 Å². The molecule has 0 spiro atoms. The Morgan fingerprint density at radius 3 is 2.41 bits per heavy atom. The summed E-state index contributed by atoms with van der Waals surface area (Å²) in [5.74, 6) is 0.535. The molecule has 0 radical (unpaired) electrons. The number of halogens is 1. The third-order valence-electron chi connectivity index (χ3n) is 5.08. The molecule has 118 valence electrons. The Hall–Kier alpha value is -1.20. The number of hydrogen-bond donors (Lipinski definition) is 0. The second kappa shape index (κ2) is 5.46. The van der Waals surface area contributed by atoms with Gasteiger partial charge in [-0.05, 0) is 58.7 Å². The summed E-state index contributed by atoms with van der Waals surface area (Å²) in [6, 6.07) is 5.77. The normalized spacial score (nSPS) is 24.4. The highest BCUT2D eigenvalue weighted by Crippen LogP contribution is 2.39. The summed E-state index contributed by atoms with van der Waals surface area (Å²) in [4.78, 5) is 4.55. The maximum absolute atomic E-state index is 14.5. The number of nitrogens with zero attached hydrogens (tertiary/aromatic N) is 1. The molecule has 0 aromatic carbocycles. The van der Waals surface area contributed by atoms with E-state index in [-0.39, 0.29) is 0 Å². The van der Waals surface area contributed by atoms with Gasteiger partial charge in [0.15, 0.2) is 0 Å². The highest BCUT2D eigenvalue weighted by atomic mass is 19.1. The molecule has 2 aliphatic rings. The zero-order valence-electron chi connectivity index (χ0n) is 13.7. The predicted molar refractivity (Wildman–Crippen MR) is 86.0 cm³/mol. The van der Waals surface area contributed by atoms with Gasteiger partial charge >= 0.3 is 7.12 Å². The first kappa shape index (κ1) is 15.7. The molecule has 0 bridgehead atoms. The van der Waals surface area contributed by atoms with Crippen molar-refractivity contribution in [1.82, 2.24) is 4.98 Å². The van der Waals surface area contributed by atoms with Gasteiger partial charge in [0.2, 0.25) is 0 Å². The first-order valence-corrected chi connectivity index (χ1v) is 7.98. The van der Waals surface area contributed by atoms with Crippen molar-refractivity contribution in [2.24, 2.45) is 0 Å². The molecular weight excluding hydrogens is 280 g/mol. The van der Waals surface area contributed by atoms with Crippen LogP contribution in [-0.2, 0) is 9.31 Å². The quantitative estimate of drug-likeness (QED) is 0.781. The van der Waals surface area contributed by atoms with E-state index in [1.165, 1.54) is 25.3 Å². The van der Waals surface area contributed by atoms with Gasteiger partial charge in [-0.2, -0.15) is 0 Å². The zero-order chi connectivity index (χ0) is 16.0. The van der Waals surface area contributed by atoms with E-state index in [1.807, 2.05) is 45.9 Å². The molecule has 1 saturated carbocycles. The molecule has 1 saturated heterocycles. The first-order chi connectivity index (χ1) is 10.3. The van der Waals surface area contributed by atoms with Crippen LogP contribution in [0.1, 0.15) is 64.3 Å². The molecule has 0 atom stereocenters. The first-order valence-electron chi connectivity index (χ1n) is 7.98. The van der Waals surface area contributed by atoms with E-state index < -0.39 is 24.0 Å². The molecule has 22 heavy (non-hydrogen) atoms. The van der Waals surface area contributed by atoms with Gasteiger partial charge in [-0.15, -0.1) is 0 Å². The summed E-state index contributed by atoms with van der Waals surface area (Å²) in [5, 5.41) is 0. The largest absolute Gasteiger partial charge is 0.525 e. The summed E-state index contributed by atoms with van der Waals surface area (Å²) in [5.41, 5.74) is 0.170. The fraction of sp³-hybridized carbons (Fsp3) is 0.588. The molecule has 2 heterocycles. The second-order valence-corrected chi connectivity index (χ2v) is 7.23. The highest BCUT2D eigenvalue weighted by Gasteiger charge is 2.53. The standard InChI is InChI=1S/C17H23BFNO2/c1-16(2)17(3,4)22-18(21-16)15(19)11-13-9-6-10-14(20-13)12-7-5-8-12/h6,9-12H,5,7-8H2,1-4H3. The van der Waals surface area contributed by atoms with E-state index in [0.717, 1.165) is 5.69 Å². The molecule has 1 aliphatic heterocycles. The highest BCUT2D eigenvalue weighted by molar-refractivity contribution is 6.54. The number of aromatic nitrogens is 1. The van der Waals surface area contributed by atoms with E-state index >= 15 is 0 Å². The number of rotatable bonds is 3. The molecule has 5 heteroatoms. The Bertz CT molecular complexity index is 580. The molecule has 0 N–H and O–H groups in total. The van der Waals surface area contributed by atoms with Crippen molar-refractivity contribution in [2.75, 3.05) is 0 Å². The lowest BCUT2D eigenvalue weighted by molar-refractivity contribution is 0.00578. The summed E-state index contributed by atoms with van der Waals surface area (Å²) in [6.45, 7) is 7.65. The Balaban J connectivity index is 1.77. The van der Waals surface area contributed by atoms with Gasteiger partial charge < -0.3 is 9.31 Å². The lowest BCUT2D eigenvalue weighted by atomic mass is 9.82. The SMILES string of the molecule is CC1(C)OB(C(F)=Cc2cccc(C3CCC3)n2)OC1(C)C. The fourth-order valence-electron chi connectivity index (χ4n) is 2.65. The second-order valence-electron chi connectivity index (χ2n) is 7.23. The topological polar surface area (TPSA) is 31.4 Å². The molecule has 1 aromatic heterocycles. The van der Waals surface area contributed by atoms with E-state index in [4.69, 9.17) is 9.31 Å². The maximum Gasteiger partial charge on any atom is 0.525 e. The molecule has 1 aliphatic carbocycles. The van der Waals surface area contributed by atoms with Gasteiger partial charge in [-0.3, -0.25) is 4.98 Å². The van der Waals surface area contributed by atoms with Crippen molar-refractivity contribution >= 4 is 13.2 Å². The van der Waals surface area contributed by atoms with Gasteiger partial charge in [-0.1, -0.05) is 12.5 Å². The Morgan fingerprint density at radius 1 is 1.23 bits per heavy atom. The van der Waals surface area contributed by atoms with Gasteiger partial charge in [0, 0.05) is 11.6 Å². The average molecular weight is 303 g/mol. The van der Waals surface area contributed by atoms with Crippen LogP contribution in [-0.4, -0.2) is 23.3 Å². The minimum Gasteiger partial charge on any atom is -0.398 e. The molecular formula is C17H23BFNO2. The summed E-state index contributed by atoms with van der Waals surface area (Å²) >= 11 is 0. The summed E-state index contributed by atoms with van der Waals surface area (Å²) < 4.78 is 25.9. The van der Waals surface area contributed by atoms with E-state index in [0.29, 0.717) is 11.6 Å². The summed E-state index contributed by atoms with van der Waals surface area (Å²) in [7, 11) is -0.959. The molecule has 0 amide bonds. The van der Waals surface area contributed by atoms with Crippen molar-refractivity contribution < 1.29 is 13.7 Å². The lowest BCUT2D eigenvalue weighted by Gasteiger charge is -2.32.